The summed E-state index contributed by atoms with van der Waals surface area (Å²) < 4.78 is 6.00. The SMILES string of the molecule is Cc1ccc(O[C@H](C)C(=O)N2CCC[C@@H](c3ncc4c(n3)CCNC4)C2)c(C)c1. The summed E-state index contributed by atoms with van der Waals surface area (Å²) >= 11 is 0. The molecular formula is C23H30N4O2. The van der Waals surface area contributed by atoms with Gasteiger partial charge < -0.3 is 15.0 Å². The molecule has 0 radical (unpaired) electrons. The van der Waals surface area contributed by atoms with Crippen LogP contribution in [0.2, 0.25) is 0 Å². The van der Waals surface area contributed by atoms with Crippen LogP contribution in [0.4, 0.5) is 0 Å². The van der Waals surface area contributed by atoms with Crippen LogP contribution in [0.15, 0.2) is 24.4 Å². The number of carbonyl (C=O) groups is 1. The van der Waals surface area contributed by atoms with Gasteiger partial charge in [0, 0.05) is 56.0 Å². The van der Waals surface area contributed by atoms with Gasteiger partial charge in [0.15, 0.2) is 6.10 Å². The summed E-state index contributed by atoms with van der Waals surface area (Å²) in [5.74, 6) is 1.89. The van der Waals surface area contributed by atoms with Crippen LogP contribution in [0.5, 0.6) is 5.75 Å². The van der Waals surface area contributed by atoms with Gasteiger partial charge in [-0.2, -0.15) is 0 Å². The first-order valence-corrected chi connectivity index (χ1v) is 10.6. The second-order valence-electron chi connectivity index (χ2n) is 8.28. The topological polar surface area (TPSA) is 67.3 Å². The van der Waals surface area contributed by atoms with Crippen LogP contribution in [0, 0.1) is 13.8 Å². The van der Waals surface area contributed by atoms with Crippen LogP contribution in [-0.2, 0) is 17.8 Å². The van der Waals surface area contributed by atoms with Crippen molar-refractivity contribution >= 4 is 5.91 Å². The first-order chi connectivity index (χ1) is 14.0. The molecule has 1 aromatic heterocycles. The molecule has 0 saturated carbocycles. The number of piperidine rings is 1. The molecule has 0 spiro atoms. The van der Waals surface area contributed by atoms with E-state index in [1.165, 1.54) is 11.1 Å². The van der Waals surface area contributed by atoms with Crippen LogP contribution < -0.4 is 10.1 Å². The van der Waals surface area contributed by atoms with Gasteiger partial charge in [-0.05, 0) is 45.2 Å². The van der Waals surface area contributed by atoms with Crippen LogP contribution in [0.25, 0.3) is 0 Å². The molecule has 6 heteroatoms. The fourth-order valence-electron chi connectivity index (χ4n) is 4.27. The highest BCUT2D eigenvalue weighted by molar-refractivity contribution is 5.81. The number of aromatic nitrogens is 2. The lowest BCUT2D eigenvalue weighted by molar-refractivity contribution is -0.139. The Morgan fingerprint density at radius 2 is 2.21 bits per heavy atom. The lowest BCUT2D eigenvalue weighted by Crippen LogP contribution is -2.45. The molecule has 2 aromatic rings. The molecule has 2 atom stereocenters. The van der Waals surface area contributed by atoms with E-state index in [0.717, 1.165) is 61.7 Å². The van der Waals surface area contributed by atoms with Gasteiger partial charge >= 0.3 is 0 Å². The Hall–Kier alpha value is -2.47. The monoisotopic (exact) mass is 394 g/mol. The van der Waals surface area contributed by atoms with Gasteiger partial charge in [-0.15, -0.1) is 0 Å². The standard InChI is InChI=1S/C23H30N4O2/c1-15-6-7-21(16(2)11-15)29-17(3)23(28)27-10-4-5-18(14-27)22-25-13-19-12-24-9-8-20(19)26-22/h6-7,11,13,17-18,24H,4-5,8-10,12,14H2,1-3H3/t17-,18-/m1/s1. The largest absolute Gasteiger partial charge is 0.481 e. The molecule has 1 aromatic carbocycles. The average molecular weight is 395 g/mol. The van der Waals surface area contributed by atoms with Crippen LogP contribution in [0.1, 0.15) is 53.9 Å². The highest BCUT2D eigenvalue weighted by Gasteiger charge is 2.30. The van der Waals surface area contributed by atoms with Crippen LogP contribution >= 0.6 is 0 Å². The maximum Gasteiger partial charge on any atom is 0.263 e. The van der Waals surface area contributed by atoms with Crippen molar-refractivity contribution in [3.05, 3.63) is 52.6 Å². The second kappa shape index (κ2) is 8.49. The maximum atomic E-state index is 13.0. The summed E-state index contributed by atoms with van der Waals surface area (Å²) in [6, 6.07) is 6.04. The third-order valence-electron chi connectivity index (χ3n) is 5.91. The van der Waals surface area contributed by atoms with E-state index < -0.39 is 6.10 Å². The fourth-order valence-corrected chi connectivity index (χ4v) is 4.27. The second-order valence-corrected chi connectivity index (χ2v) is 8.28. The van der Waals surface area contributed by atoms with Crippen LogP contribution in [0.3, 0.4) is 0 Å². The third kappa shape index (κ3) is 4.42. The summed E-state index contributed by atoms with van der Waals surface area (Å²) in [5.41, 5.74) is 4.59. The summed E-state index contributed by atoms with van der Waals surface area (Å²) in [7, 11) is 0. The van der Waals surface area contributed by atoms with E-state index in [-0.39, 0.29) is 11.8 Å². The normalized spacial score (nSPS) is 20.1. The molecule has 1 fully saturated rings. The molecule has 1 saturated heterocycles. The fraction of sp³-hybridized carbons (Fsp3) is 0.522. The minimum absolute atomic E-state index is 0.0387. The average Bonchev–Trinajstić information content (AvgIpc) is 2.75. The number of benzene rings is 1. The van der Waals surface area contributed by atoms with E-state index in [2.05, 4.69) is 23.3 Å². The van der Waals surface area contributed by atoms with Crippen LogP contribution in [-0.4, -0.2) is 46.5 Å². The zero-order chi connectivity index (χ0) is 20.4. The molecule has 4 rings (SSSR count). The Morgan fingerprint density at radius 1 is 1.34 bits per heavy atom. The van der Waals surface area contributed by atoms with Gasteiger partial charge in [-0.25, -0.2) is 9.97 Å². The van der Waals surface area contributed by atoms with E-state index in [0.29, 0.717) is 6.54 Å². The lowest BCUT2D eigenvalue weighted by Gasteiger charge is -2.34. The number of fused-ring (bicyclic) bond motifs is 1. The minimum Gasteiger partial charge on any atom is -0.481 e. The molecule has 29 heavy (non-hydrogen) atoms. The molecular weight excluding hydrogens is 364 g/mol. The molecule has 3 heterocycles. The summed E-state index contributed by atoms with van der Waals surface area (Å²) in [5, 5.41) is 3.35. The van der Waals surface area contributed by atoms with Crippen molar-refractivity contribution in [2.24, 2.45) is 0 Å². The molecule has 0 bridgehead atoms. The van der Waals surface area contributed by atoms with Crippen molar-refractivity contribution in [2.75, 3.05) is 19.6 Å². The molecule has 2 aliphatic heterocycles. The Bertz CT molecular complexity index is 898. The molecule has 0 aliphatic carbocycles. The number of nitrogens with one attached hydrogen (secondary N) is 1. The highest BCUT2D eigenvalue weighted by atomic mass is 16.5. The number of ether oxygens (including phenoxy) is 1. The van der Waals surface area contributed by atoms with E-state index in [4.69, 9.17) is 9.72 Å². The van der Waals surface area contributed by atoms with E-state index in [1.807, 2.05) is 37.1 Å². The number of hydrogen-bond acceptors (Lipinski definition) is 5. The summed E-state index contributed by atoms with van der Waals surface area (Å²) in [4.78, 5) is 24.4. The highest BCUT2D eigenvalue weighted by Crippen LogP contribution is 2.27. The van der Waals surface area contributed by atoms with Crippen molar-refractivity contribution in [1.82, 2.24) is 20.2 Å². The summed E-state index contributed by atoms with van der Waals surface area (Å²) in [6.45, 7) is 9.15. The van der Waals surface area contributed by atoms with Crippen molar-refractivity contribution < 1.29 is 9.53 Å². The van der Waals surface area contributed by atoms with Crippen molar-refractivity contribution in [3.63, 3.8) is 0 Å². The number of rotatable bonds is 4. The molecule has 1 amide bonds. The van der Waals surface area contributed by atoms with E-state index in [9.17, 15) is 4.79 Å². The number of nitrogens with zero attached hydrogens (tertiary/aromatic N) is 3. The van der Waals surface area contributed by atoms with Crippen molar-refractivity contribution in [2.45, 2.75) is 58.6 Å². The number of hydrogen-bond donors (Lipinski definition) is 1. The Kier molecular flexibility index (Phi) is 5.81. The molecule has 0 unspecified atom stereocenters. The number of amides is 1. The van der Waals surface area contributed by atoms with Gasteiger partial charge in [-0.3, -0.25) is 4.79 Å². The zero-order valence-corrected chi connectivity index (χ0v) is 17.6. The van der Waals surface area contributed by atoms with Gasteiger partial charge in [0.1, 0.15) is 11.6 Å². The predicted octanol–water partition coefficient (Wildman–Crippen LogP) is 2.91. The van der Waals surface area contributed by atoms with Crippen molar-refractivity contribution in [3.8, 4) is 5.75 Å². The number of aryl methyl sites for hydroxylation is 2. The predicted molar refractivity (Wildman–Crippen MR) is 112 cm³/mol. The zero-order valence-electron chi connectivity index (χ0n) is 17.6. The number of likely N-dealkylation sites (tertiary alicyclic amines) is 1. The van der Waals surface area contributed by atoms with E-state index in [1.54, 1.807) is 0 Å². The lowest BCUT2D eigenvalue weighted by atomic mass is 9.96. The first-order valence-electron chi connectivity index (χ1n) is 10.6. The molecule has 1 N–H and O–H groups in total. The first kappa shape index (κ1) is 19.8. The Balaban J connectivity index is 1.43. The minimum atomic E-state index is -0.509. The van der Waals surface area contributed by atoms with Gasteiger partial charge in [0.25, 0.3) is 5.91 Å². The third-order valence-corrected chi connectivity index (χ3v) is 5.91. The quantitative estimate of drug-likeness (QED) is 0.864. The van der Waals surface area contributed by atoms with Crippen molar-refractivity contribution in [1.29, 1.82) is 0 Å². The summed E-state index contributed by atoms with van der Waals surface area (Å²) in [6.07, 6.45) is 4.38. The van der Waals surface area contributed by atoms with E-state index >= 15 is 0 Å². The molecule has 154 valence electrons. The van der Waals surface area contributed by atoms with Gasteiger partial charge in [0.05, 0.1) is 0 Å². The molecule has 6 nitrogen and oxygen atoms in total. The number of carbonyl (C=O) groups excluding carboxylic acids is 1. The Labute approximate surface area is 172 Å². The smallest absolute Gasteiger partial charge is 0.263 e. The Morgan fingerprint density at radius 3 is 3.03 bits per heavy atom. The molecule has 2 aliphatic rings. The van der Waals surface area contributed by atoms with Gasteiger partial charge in [0.2, 0.25) is 0 Å². The van der Waals surface area contributed by atoms with Gasteiger partial charge in [-0.1, -0.05) is 17.7 Å². The maximum absolute atomic E-state index is 13.0.